The molecule has 0 aromatic carbocycles. The molecular formula is C11H17NO3S. The molecule has 1 aromatic rings. The lowest BCUT2D eigenvalue weighted by Crippen LogP contribution is -2.16. The fourth-order valence-corrected chi connectivity index (χ4v) is 1.93. The molecule has 0 unspecified atom stereocenters. The molecule has 4 nitrogen and oxygen atoms in total. The van der Waals surface area contributed by atoms with E-state index in [2.05, 4.69) is 10.1 Å². The summed E-state index contributed by atoms with van der Waals surface area (Å²) in [6, 6.07) is 3.82. The summed E-state index contributed by atoms with van der Waals surface area (Å²) in [6.07, 6.45) is 2.15. The summed E-state index contributed by atoms with van der Waals surface area (Å²) in [5.41, 5.74) is 0. The molecule has 5 heteroatoms. The molecule has 0 radical (unpaired) electrons. The molecule has 1 N–H and O–H groups in total. The van der Waals surface area contributed by atoms with Crippen LogP contribution in [-0.2, 0) is 16.1 Å². The summed E-state index contributed by atoms with van der Waals surface area (Å²) in [7, 11) is 1.41. The third kappa shape index (κ3) is 5.82. The highest BCUT2D eigenvalue weighted by molar-refractivity contribution is 7.99. The number of hydrogen-bond donors (Lipinski definition) is 1. The van der Waals surface area contributed by atoms with Gasteiger partial charge in [-0.05, 0) is 12.1 Å². The summed E-state index contributed by atoms with van der Waals surface area (Å²) in [6.45, 7) is 1.66. The fourth-order valence-electron chi connectivity index (χ4n) is 1.13. The minimum atomic E-state index is -0.143. The molecule has 0 aliphatic heterocycles. The first-order chi connectivity index (χ1) is 7.83. The normalized spacial score (nSPS) is 10.3. The maximum Gasteiger partial charge on any atom is 0.306 e. The summed E-state index contributed by atoms with van der Waals surface area (Å²) >= 11 is 1.74. The van der Waals surface area contributed by atoms with Gasteiger partial charge in [0.05, 0.1) is 26.3 Å². The number of methoxy groups -OCH3 is 1. The van der Waals surface area contributed by atoms with Crippen LogP contribution in [0.1, 0.15) is 12.2 Å². The highest BCUT2D eigenvalue weighted by Crippen LogP contribution is 2.02. The van der Waals surface area contributed by atoms with Gasteiger partial charge in [-0.1, -0.05) is 0 Å². The zero-order valence-corrected chi connectivity index (χ0v) is 10.2. The lowest BCUT2D eigenvalue weighted by atomic mass is 10.4. The molecule has 0 atom stereocenters. The van der Waals surface area contributed by atoms with E-state index in [1.165, 1.54) is 7.11 Å². The second kappa shape index (κ2) is 8.24. The van der Waals surface area contributed by atoms with E-state index in [0.717, 1.165) is 30.4 Å². The highest BCUT2D eigenvalue weighted by atomic mass is 32.2. The number of carbonyl (C=O) groups is 1. The highest BCUT2D eigenvalue weighted by Gasteiger charge is 1.99. The predicted molar refractivity (Wildman–Crippen MR) is 64.4 cm³/mol. The summed E-state index contributed by atoms with van der Waals surface area (Å²) < 4.78 is 9.72. The van der Waals surface area contributed by atoms with E-state index in [4.69, 9.17) is 4.42 Å². The molecule has 90 valence electrons. The van der Waals surface area contributed by atoms with Gasteiger partial charge in [0.1, 0.15) is 5.76 Å². The SMILES string of the molecule is COC(=O)CCSCCNCc1ccco1. The third-order valence-electron chi connectivity index (χ3n) is 1.98. The van der Waals surface area contributed by atoms with Crippen molar-refractivity contribution >= 4 is 17.7 Å². The predicted octanol–water partition coefficient (Wildman–Crippen LogP) is 1.67. The van der Waals surface area contributed by atoms with Gasteiger partial charge in [0.25, 0.3) is 0 Å². The first-order valence-corrected chi connectivity index (χ1v) is 6.36. The van der Waals surface area contributed by atoms with Crippen molar-refractivity contribution in [2.75, 3.05) is 25.2 Å². The van der Waals surface area contributed by atoms with Crippen LogP contribution in [0, 0.1) is 0 Å². The molecule has 0 amide bonds. The van der Waals surface area contributed by atoms with Gasteiger partial charge in [-0.15, -0.1) is 0 Å². The van der Waals surface area contributed by atoms with Crippen molar-refractivity contribution in [3.63, 3.8) is 0 Å². The van der Waals surface area contributed by atoms with Gasteiger partial charge in [-0.25, -0.2) is 0 Å². The molecule has 1 heterocycles. The van der Waals surface area contributed by atoms with Crippen molar-refractivity contribution in [1.29, 1.82) is 0 Å². The second-order valence-corrected chi connectivity index (χ2v) is 4.42. The van der Waals surface area contributed by atoms with E-state index in [0.29, 0.717) is 6.42 Å². The Morgan fingerprint density at radius 1 is 1.56 bits per heavy atom. The van der Waals surface area contributed by atoms with Crippen molar-refractivity contribution in [1.82, 2.24) is 5.32 Å². The molecule has 0 fully saturated rings. The largest absolute Gasteiger partial charge is 0.469 e. The summed E-state index contributed by atoms with van der Waals surface area (Å²) in [5, 5.41) is 3.26. The molecule has 1 aromatic heterocycles. The Morgan fingerprint density at radius 3 is 3.12 bits per heavy atom. The standard InChI is InChI=1S/C11H17NO3S/c1-14-11(13)4-7-16-8-5-12-9-10-3-2-6-15-10/h2-3,6,12H,4-5,7-9H2,1H3. The number of furan rings is 1. The Balaban J connectivity index is 1.87. The Morgan fingerprint density at radius 2 is 2.44 bits per heavy atom. The molecule has 0 spiro atoms. The van der Waals surface area contributed by atoms with Gasteiger partial charge < -0.3 is 14.5 Å². The van der Waals surface area contributed by atoms with Crippen molar-refractivity contribution in [2.45, 2.75) is 13.0 Å². The van der Waals surface area contributed by atoms with Gasteiger partial charge in [-0.3, -0.25) is 4.79 Å². The maximum absolute atomic E-state index is 10.8. The van der Waals surface area contributed by atoms with Crippen LogP contribution in [0.2, 0.25) is 0 Å². The lowest BCUT2D eigenvalue weighted by Gasteiger charge is -2.02. The summed E-state index contributed by atoms with van der Waals surface area (Å²) in [4.78, 5) is 10.8. The molecule has 0 bridgehead atoms. The van der Waals surface area contributed by atoms with Crippen LogP contribution in [0.25, 0.3) is 0 Å². The molecule has 0 saturated carbocycles. The first kappa shape index (κ1) is 13.1. The molecule has 0 saturated heterocycles. The van der Waals surface area contributed by atoms with Gasteiger partial charge in [-0.2, -0.15) is 11.8 Å². The van der Waals surface area contributed by atoms with Gasteiger partial charge in [0.15, 0.2) is 0 Å². The molecular weight excluding hydrogens is 226 g/mol. The average Bonchev–Trinajstić information content (AvgIpc) is 2.80. The van der Waals surface area contributed by atoms with Crippen molar-refractivity contribution in [3.8, 4) is 0 Å². The fraction of sp³-hybridized carbons (Fsp3) is 0.545. The van der Waals surface area contributed by atoms with Crippen LogP contribution in [-0.4, -0.2) is 31.1 Å². The third-order valence-corrected chi connectivity index (χ3v) is 2.97. The van der Waals surface area contributed by atoms with E-state index in [-0.39, 0.29) is 5.97 Å². The van der Waals surface area contributed by atoms with E-state index in [1.54, 1.807) is 18.0 Å². The van der Waals surface area contributed by atoms with Gasteiger partial charge in [0.2, 0.25) is 0 Å². The van der Waals surface area contributed by atoms with Crippen LogP contribution >= 0.6 is 11.8 Å². The minimum Gasteiger partial charge on any atom is -0.469 e. The Kier molecular flexibility index (Phi) is 6.76. The van der Waals surface area contributed by atoms with Crippen LogP contribution < -0.4 is 5.32 Å². The van der Waals surface area contributed by atoms with Crippen LogP contribution in [0.4, 0.5) is 0 Å². The monoisotopic (exact) mass is 243 g/mol. The van der Waals surface area contributed by atoms with E-state index < -0.39 is 0 Å². The average molecular weight is 243 g/mol. The van der Waals surface area contributed by atoms with E-state index in [9.17, 15) is 4.79 Å². The number of hydrogen-bond acceptors (Lipinski definition) is 5. The van der Waals surface area contributed by atoms with Gasteiger partial charge in [0, 0.05) is 18.1 Å². The van der Waals surface area contributed by atoms with Gasteiger partial charge >= 0.3 is 5.97 Å². The number of rotatable bonds is 8. The van der Waals surface area contributed by atoms with Crippen molar-refractivity contribution in [2.24, 2.45) is 0 Å². The van der Waals surface area contributed by atoms with Crippen LogP contribution in [0.3, 0.4) is 0 Å². The van der Waals surface area contributed by atoms with E-state index >= 15 is 0 Å². The number of ether oxygens (including phenoxy) is 1. The number of carbonyl (C=O) groups excluding carboxylic acids is 1. The zero-order chi connectivity index (χ0) is 11.6. The van der Waals surface area contributed by atoms with E-state index in [1.807, 2.05) is 12.1 Å². The smallest absolute Gasteiger partial charge is 0.306 e. The first-order valence-electron chi connectivity index (χ1n) is 5.20. The molecule has 0 aliphatic rings. The van der Waals surface area contributed by atoms with Crippen LogP contribution in [0.5, 0.6) is 0 Å². The number of esters is 1. The second-order valence-electron chi connectivity index (χ2n) is 3.19. The van der Waals surface area contributed by atoms with Crippen molar-refractivity contribution < 1.29 is 13.9 Å². The maximum atomic E-state index is 10.8. The quantitative estimate of drug-likeness (QED) is 0.556. The van der Waals surface area contributed by atoms with Crippen molar-refractivity contribution in [3.05, 3.63) is 24.2 Å². The molecule has 0 aliphatic carbocycles. The lowest BCUT2D eigenvalue weighted by molar-refractivity contribution is -0.140. The topological polar surface area (TPSA) is 51.5 Å². The number of nitrogens with one attached hydrogen (secondary N) is 1. The summed E-state index contributed by atoms with van der Waals surface area (Å²) in [5.74, 6) is 2.60. The Hall–Kier alpha value is -0.940. The Labute approximate surface area is 99.7 Å². The molecule has 1 rings (SSSR count). The number of thioether (sulfide) groups is 1. The minimum absolute atomic E-state index is 0.143. The van der Waals surface area contributed by atoms with Crippen LogP contribution in [0.15, 0.2) is 22.8 Å². The Bertz CT molecular complexity index is 287. The zero-order valence-electron chi connectivity index (χ0n) is 9.40. The molecule has 16 heavy (non-hydrogen) atoms.